The Balaban J connectivity index is 2.29. The highest BCUT2D eigenvalue weighted by atomic mass is 79.9. The molecule has 3 unspecified atom stereocenters. The molecule has 1 aliphatic carbocycles. The van der Waals surface area contributed by atoms with Crippen molar-refractivity contribution >= 4 is 27.3 Å². The second kappa shape index (κ2) is 6.79. The molecule has 0 aliphatic heterocycles. The van der Waals surface area contributed by atoms with Gasteiger partial charge in [-0.05, 0) is 52.2 Å². The molecule has 0 amide bonds. The van der Waals surface area contributed by atoms with Crippen molar-refractivity contribution in [2.75, 3.05) is 6.54 Å². The summed E-state index contributed by atoms with van der Waals surface area (Å²) in [5.74, 6) is -1.55. The van der Waals surface area contributed by atoms with Crippen LogP contribution in [0.3, 0.4) is 0 Å². The summed E-state index contributed by atoms with van der Waals surface area (Å²) >= 11 is 4.99. The van der Waals surface area contributed by atoms with Gasteiger partial charge in [0, 0.05) is 15.9 Å². The summed E-state index contributed by atoms with van der Waals surface area (Å²) in [4.78, 5) is 0. The normalized spacial score (nSPS) is 25.6. The van der Waals surface area contributed by atoms with Crippen LogP contribution in [0.15, 0.2) is 15.2 Å². The summed E-state index contributed by atoms with van der Waals surface area (Å²) in [6.07, 6.45) is -1.62. The molecule has 6 heteroatoms. The van der Waals surface area contributed by atoms with Crippen LogP contribution in [0.25, 0.3) is 0 Å². The molecule has 1 aliphatic rings. The number of alkyl halides is 3. The lowest BCUT2D eigenvalue weighted by atomic mass is 9.73. The van der Waals surface area contributed by atoms with Crippen molar-refractivity contribution in [1.29, 1.82) is 0 Å². The predicted molar refractivity (Wildman–Crippen MR) is 79.9 cm³/mol. The van der Waals surface area contributed by atoms with Crippen LogP contribution in [-0.2, 0) is 0 Å². The van der Waals surface area contributed by atoms with Gasteiger partial charge in [-0.3, -0.25) is 0 Å². The van der Waals surface area contributed by atoms with Crippen LogP contribution < -0.4 is 5.32 Å². The van der Waals surface area contributed by atoms with Gasteiger partial charge in [0.25, 0.3) is 0 Å². The van der Waals surface area contributed by atoms with Gasteiger partial charge in [0.15, 0.2) is 0 Å². The zero-order chi connectivity index (χ0) is 14.8. The number of thiophene rings is 1. The van der Waals surface area contributed by atoms with E-state index < -0.39 is 12.1 Å². The third kappa shape index (κ3) is 3.57. The van der Waals surface area contributed by atoms with Crippen molar-refractivity contribution in [3.05, 3.63) is 20.8 Å². The van der Waals surface area contributed by atoms with Gasteiger partial charge in [0.2, 0.25) is 0 Å². The van der Waals surface area contributed by atoms with Gasteiger partial charge in [0.05, 0.1) is 5.92 Å². The number of hydrogen-bond donors (Lipinski definition) is 1. The molecule has 1 N–H and O–H groups in total. The molecule has 20 heavy (non-hydrogen) atoms. The summed E-state index contributed by atoms with van der Waals surface area (Å²) in [6.45, 7) is 2.62. The third-order valence-corrected chi connectivity index (χ3v) is 5.82. The van der Waals surface area contributed by atoms with E-state index in [1.165, 1.54) is 11.3 Å². The van der Waals surface area contributed by atoms with E-state index in [0.717, 1.165) is 16.5 Å². The Morgan fingerprint density at radius 2 is 2.05 bits per heavy atom. The molecule has 0 spiro atoms. The molecule has 1 nitrogen and oxygen atoms in total. The van der Waals surface area contributed by atoms with Gasteiger partial charge < -0.3 is 5.32 Å². The molecule has 1 heterocycles. The molecule has 2 rings (SSSR count). The first-order valence-corrected chi connectivity index (χ1v) is 8.70. The van der Waals surface area contributed by atoms with Crippen LogP contribution >= 0.6 is 27.3 Å². The van der Waals surface area contributed by atoms with Crippen molar-refractivity contribution in [1.82, 2.24) is 5.32 Å². The summed E-state index contributed by atoms with van der Waals surface area (Å²) < 4.78 is 40.8. The minimum absolute atomic E-state index is 0.215. The molecule has 0 aromatic carbocycles. The van der Waals surface area contributed by atoms with E-state index in [2.05, 4.69) is 21.2 Å². The van der Waals surface area contributed by atoms with Crippen molar-refractivity contribution in [3.8, 4) is 0 Å². The Bertz CT molecular complexity index is 432. The van der Waals surface area contributed by atoms with E-state index in [4.69, 9.17) is 0 Å². The van der Waals surface area contributed by atoms with E-state index >= 15 is 0 Å². The standard InChI is InChI=1S/C14H19BrF3NS/c1-2-19-13(10-7-20-8-12(10)15)9-5-3-4-6-11(9)14(16,17)18/h7-9,11,13,19H,2-6H2,1H3. The molecular formula is C14H19BrF3NS. The van der Waals surface area contributed by atoms with Crippen LogP contribution in [-0.4, -0.2) is 12.7 Å². The van der Waals surface area contributed by atoms with Crippen molar-refractivity contribution in [2.45, 2.75) is 44.8 Å². The highest BCUT2D eigenvalue weighted by Crippen LogP contribution is 2.47. The Kier molecular flexibility index (Phi) is 5.54. The zero-order valence-electron chi connectivity index (χ0n) is 11.3. The minimum Gasteiger partial charge on any atom is -0.310 e. The lowest BCUT2D eigenvalue weighted by Crippen LogP contribution is -2.40. The first kappa shape index (κ1) is 16.3. The van der Waals surface area contributed by atoms with Gasteiger partial charge in [-0.25, -0.2) is 0 Å². The molecule has 1 fully saturated rings. The van der Waals surface area contributed by atoms with Gasteiger partial charge in [-0.2, -0.15) is 24.5 Å². The number of hydrogen-bond acceptors (Lipinski definition) is 2. The van der Waals surface area contributed by atoms with Crippen molar-refractivity contribution < 1.29 is 13.2 Å². The fourth-order valence-electron chi connectivity index (χ4n) is 3.19. The Hall–Kier alpha value is -0.0700. The summed E-state index contributed by atoms with van der Waals surface area (Å²) in [5, 5.41) is 7.17. The van der Waals surface area contributed by atoms with E-state index in [-0.39, 0.29) is 18.4 Å². The second-order valence-electron chi connectivity index (χ2n) is 5.31. The second-order valence-corrected chi connectivity index (χ2v) is 6.90. The van der Waals surface area contributed by atoms with Crippen LogP contribution in [0.4, 0.5) is 13.2 Å². The lowest BCUT2D eigenvalue weighted by molar-refractivity contribution is -0.199. The van der Waals surface area contributed by atoms with Gasteiger partial charge in [-0.15, -0.1) is 0 Å². The maximum atomic E-state index is 13.3. The lowest BCUT2D eigenvalue weighted by Gasteiger charge is -2.38. The van der Waals surface area contributed by atoms with Crippen LogP contribution in [0, 0.1) is 11.8 Å². The molecule has 0 radical (unpaired) electrons. The van der Waals surface area contributed by atoms with E-state index in [1.807, 2.05) is 17.7 Å². The first-order valence-electron chi connectivity index (χ1n) is 6.96. The molecule has 1 saturated carbocycles. The number of nitrogens with one attached hydrogen (secondary N) is 1. The largest absolute Gasteiger partial charge is 0.392 e. The molecule has 3 atom stereocenters. The highest BCUT2D eigenvalue weighted by molar-refractivity contribution is 9.10. The fourth-order valence-corrected chi connectivity index (χ4v) is 4.77. The summed E-state index contributed by atoms with van der Waals surface area (Å²) in [6, 6.07) is -0.215. The van der Waals surface area contributed by atoms with Crippen LogP contribution in [0.1, 0.15) is 44.2 Å². The monoisotopic (exact) mass is 369 g/mol. The molecule has 114 valence electrons. The average Bonchev–Trinajstić information content (AvgIpc) is 2.81. The molecule has 1 aromatic rings. The molecule has 0 bridgehead atoms. The zero-order valence-corrected chi connectivity index (χ0v) is 13.7. The van der Waals surface area contributed by atoms with Crippen molar-refractivity contribution in [2.24, 2.45) is 11.8 Å². The smallest absolute Gasteiger partial charge is 0.310 e. The number of halogens is 4. The van der Waals surface area contributed by atoms with Gasteiger partial charge in [-0.1, -0.05) is 19.8 Å². The maximum Gasteiger partial charge on any atom is 0.392 e. The quantitative estimate of drug-likeness (QED) is 0.735. The first-order chi connectivity index (χ1) is 9.45. The Labute approximate surface area is 130 Å². The number of rotatable bonds is 4. The predicted octanol–water partition coefficient (Wildman–Crippen LogP) is 5.53. The van der Waals surface area contributed by atoms with Crippen LogP contribution in [0.2, 0.25) is 0 Å². The van der Waals surface area contributed by atoms with Crippen LogP contribution in [0.5, 0.6) is 0 Å². The van der Waals surface area contributed by atoms with Gasteiger partial charge >= 0.3 is 6.18 Å². The summed E-state index contributed by atoms with van der Waals surface area (Å²) in [7, 11) is 0. The summed E-state index contributed by atoms with van der Waals surface area (Å²) in [5.41, 5.74) is 0.970. The topological polar surface area (TPSA) is 12.0 Å². The van der Waals surface area contributed by atoms with E-state index in [1.54, 1.807) is 0 Å². The molecule has 0 saturated heterocycles. The SMILES string of the molecule is CCNC(c1cscc1Br)C1CCCCC1C(F)(F)F. The Morgan fingerprint density at radius 1 is 1.35 bits per heavy atom. The molecule has 1 aromatic heterocycles. The average molecular weight is 370 g/mol. The van der Waals surface area contributed by atoms with Gasteiger partial charge in [0.1, 0.15) is 0 Å². The maximum absolute atomic E-state index is 13.3. The Morgan fingerprint density at radius 3 is 2.60 bits per heavy atom. The highest BCUT2D eigenvalue weighted by Gasteiger charge is 2.48. The van der Waals surface area contributed by atoms with E-state index in [9.17, 15) is 13.2 Å². The molecular weight excluding hydrogens is 351 g/mol. The van der Waals surface area contributed by atoms with E-state index in [0.29, 0.717) is 19.4 Å². The fraction of sp³-hybridized carbons (Fsp3) is 0.714. The minimum atomic E-state index is -4.10. The third-order valence-electron chi connectivity index (χ3n) is 4.07. The van der Waals surface area contributed by atoms with Crippen molar-refractivity contribution in [3.63, 3.8) is 0 Å².